The molecule has 1 saturated heterocycles. The van der Waals surface area contributed by atoms with Crippen LogP contribution in [0.25, 0.3) is 0 Å². The van der Waals surface area contributed by atoms with Crippen molar-refractivity contribution in [1.29, 1.82) is 0 Å². The van der Waals surface area contributed by atoms with E-state index in [4.69, 9.17) is 0 Å². The van der Waals surface area contributed by atoms with Gasteiger partial charge in [0.1, 0.15) is 0 Å². The van der Waals surface area contributed by atoms with Gasteiger partial charge in [-0.2, -0.15) is 0 Å². The highest BCUT2D eigenvalue weighted by molar-refractivity contribution is 5.32. The number of rotatable bonds is 5. The fourth-order valence-corrected chi connectivity index (χ4v) is 3.53. The predicted molar refractivity (Wildman–Crippen MR) is 91.2 cm³/mol. The van der Waals surface area contributed by atoms with Gasteiger partial charge in [0.15, 0.2) is 0 Å². The van der Waals surface area contributed by atoms with Gasteiger partial charge in [-0.05, 0) is 11.1 Å². The van der Waals surface area contributed by atoms with Gasteiger partial charge in [-0.3, -0.25) is 0 Å². The molecule has 1 heterocycles. The predicted octanol–water partition coefficient (Wildman–Crippen LogP) is 1.06. The van der Waals surface area contributed by atoms with Crippen molar-refractivity contribution in [3.05, 3.63) is 71.8 Å². The summed E-state index contributed by atoms with van der Waals surface area (Å²) in [5.74, 6) is 0.495. The third-order valence-electron chi connectivity index (χ3n) is 4.99. The van der Waals surface area contributed by atoms with Crippen LogP contribution in [-0.4, -0.2) is 32.7 Å². The highest BCUT2D eigenvalue weighted by Gasteiger charge is 2.24. The summed E-state index contributed by atoms with van der Waals surface area (Å²) in [6.07, 6.45) is 2.70. The van der Waals surface area contributed by atoms with Crippen LogP contribution >= 0.6 is 0 Å². The molecule has 0 aliphatic carbocycles. The van der Waals surface area contributed by atoms with E-state index in [1.165, 1.54) is 37.1 Å². The molecule has 0 unspecified atom stereocenters. The Morgan fingerprint density at radius 3 is 1.91 bits per heavy atom. The largest absolute Gasteiger partial charge is 0.343 e. The Labute approximate surface area is 134 Å². The molecule has 3 N–H and O–H groups in total. The molecule has 2 aromatic rings. The lowest BCUT2D eigenvalue weighted by Gasteiger charge is -2.26. The number of quaternary nitrogens is 2. The van der Waals surface area contributed by atoms with Crippen molar-refractivity contribution in [2.45, 2.75) is 24.8 Å². The van der Waals surface area contributed by atoms with Gasteiger partial charge >= 0.3 is 0 Å². The number of hydrogen-bond donors (Lipinski definition) is 2. The summed E-state index contributed by atoms with van der Waals surface area (Å²) >= 11 is 0. The number of hydrogen-bond acceptors (Lipinski definition) is 0. The lowest BCUT2D eigenvalue weighted by Crippen LogP contribution is -3.12. The van der Waals surface area contributed by atoms with Gasteiger partial charge in [-0.15, -0.1) is 0 Å². The van der Waals surface area contributed by atoms with E-state index < -0.39 is 0 Å². The monoisotopic (exact) mass is 296 g/mol. The van der Waals surface area contributed by atoms with Gasteiger partial charge in [0, 0.05) is 12.8 Å². The first-order chi connectivity index (χ1) is 10.8. The standard InChI is InChI=1S/C20H26N2/c1-22-14-12-19(13-15-22)21-16-20(17-8-4-2-5-9-17)18-10-6-3-7-11-18/h2-11,19-21H,12-16H2,1H3/p+2. The zero-order chi connectivity index (χ0) is 15.2. The molecule has 1 fully saturated rings. The fraction of sp³-hybridized carbons (Fsp3) is 0.400. The van der Waals surface area contributed by atoms with Crippen molar-refractivity contribution in [1.82, 2.24) is 0 Å². The molecule has 116 valence electrons. The molecule has 2 heteroatoms. The Balaban J connectivity index is 1.70. The normalized spacial score (nSPS) is 21.9. The second-order valence-corrected chi connectivity index (χ2v) is 6.64. The number of likely N-dealkylation sites (tertiary alicyclic amines) is 1. The van der Waals surface area contributed by atoms with Crippen molar-refractivity contribution >= 4 is 0 Å². The average molecular weight is 296 g/mol. The first-order valence-electron chi connectivity index (χ1n) is 8.57. The molecule has 0 atom stereocenters. The molecular weight excluding hydrogens is 268 g/mol. The Morgan fingerprint density at radius 2 is 1.41 bits per heavy atom. The lowest BCUT2D eigenvalue weighted by atomic mass is 9.90. The van der Waals surface area contributed by atoms with E-state index in [0.29, 0.717) is 5.92 Å². The maximum Gasteiger partial charge on any atom is 0.0968 e. The topological polar surface area (TPSA) is 21.1 Å². The summed E-state index contributed by atoms with van der Waals surface area (Å²) in [5.41, 5.74) is 2.87. The minimum atomic E-state index is 0.495. The van der Waals surface area contributed by atoms with Crippen LogP contribution in [0.3, 0.4) is 0 Å². The minimum Gasteiger partial charge on any atom is -0.343 e. The smallest absolute Gasteiger partial charge is 0.0968 e. The van der Waals surface area contributed by atoms with Gasteiger partial charge in [0.25, 0.3) is 0 Å². The van der Waals surface area contributed by atoms with Crippen LogP contribution in [0.5, 0.6) is 0 Å². The van der Waals surface area contributed by atoms with Gasteiger partial charge in [0.2, 0.25) is 0 Å². The Morgan fingerprint density at radius 1 is 0.909 bits per heavy atom. The number of nitrogens with one attached hydrogen (secondary N) is 1. The molecule has 22 heavy (non-hydrogen) atoms. The zero-order valence-electron chi connectivity index (χ0n) is 13.5. The number of piperidine rings is 1. The van der Waals surface area contributed by atoms with Crippen LogP contribution < -0.4 is 10.2 Å². The van der Waals surface area contributed by atoms with Gasteiger partial charge in [-0.25, -0.2) is 0 Å². The molecule has 3 rings (SSSR count). The second-order valence-electron chi connectivity index (χ2n) is 6.64. The highest BCUT2D eigenvalue weighted by Crippen LogP contribution is 2.22. The zero-order valence-corrected chi connectivity index (χ0v) is 13.5. The van der Waals surface area contributed by atoms with E-state index in [1.54, 1.807) is 4.90 Å². The van der Waals surface area contributed by atoms with Crippen LogP contribution in [0.4, 0.5) is 0 Å². The lowest BCUT2D eigenvalue weighted by molar-refractivity contribution is -0.894. The summed E-state index contributed by atoms with van der Waals surface area (Å²) in [7, 11) is 2.31. The van der Waals surface area contributed by atoms with E-state index in [1.807, 2.05) is 0 Å². The highest BCUT2D eigenvalue weighted by atomic mass is 15.1. The average Bonchev–Trinajstić information content (AvgIpc) is 2.59. The molecule has 0 saturated carbocycles. The molecule has 0 bridgehead atoms. The molecule has 0 radical (unpaired) electrons. The van der Waals surface area contributed by atoms with Crippen molar-refractivity contribution in [2.75, 3.05) is 26.7 Å². The summed E-state index contributed by atoms with van der Waals surface area (Å²) < 4.78 is 0. The van der Waals surface area contributed by atoms with Gasteiger partial charge in [0.05, 0.1) is 38.6 Å². The Bertz CT molecular complexity index is 505. The van der Waals surface area contributed by atoms with Crippen molar-refractivity contribution in [2.24, 2.45) is 0 Å². The summed E-state index contributed by atoms with van der Waals surface area (Å²) in [5, 5.41) is 2.59. The minimum absolute atomic E-state index is 0.495. The van der Waals surface area contributed by atoms with Crippen LogP contribution in [0, 0.1) is 0 Å². The summed E-state index contributed by atoms with van der Waals surface area (Å²) in [4.78, 5) is 1.69. The van der Waals surface area contributed by atoms with E-state index in [0.717, 1.165) is 12.6 Å². The van der Waals surface area contributed by atoms with Crippen molar-refractivity contribution < 1.29 is 10.2 Å². The maximum atomic E-state index is 2.59. The maximum absolute atomic E-state index is 2.59. The molecule has 2 nitrogen and oxygen atoms in total. The van der Waals surface area contributed by atoms with E-state index >= 15 is 0 Å². The molecule has 0 spiro atoms. The van der Waals surface area contributed by atoms with Crippen LogP contribution in [0.1, 0.15) is 29.9 Å². The van der Waals surface area contributed by atoms with E-state index in [9.17, 15) is 0 Å². The van der Waals surface area contributed by atoms with E-state index in [2.05, 4.69) is 73.0 Å². The first-order valence-corrected chi connectivity index (χ1v) is 8.57. The molecule has 1 aliphatic heterocycles. The van der Waals surface area contributed by atoms with Crippen LogP contribution in [-0.2, 0) is 0 Å². The molecular formula is C20H28N2+2. The fourth-order valence-electron chi connectivity index (χ4n) is 3.53. The SMILES string of the molecule is C[NH+]1CCC([NH2+]CC(c2ccccc2)c2ccccc2)CC1. The summed E-state index contributed by atoms with van der Waals surface area (Å²) in [6, 6.07) is 22.7. The number of benzene rings is 2. The second kappa shape index (κ2) is 7.57. The summed E-state index contributed by atoms with van der Waals surface area (Å²) in [6.45, 7) is 3.79. The third-order valence-corrected chi connectivity index (χ3v) is 4.99. The van der Waals surface area contributed by atoms with E-state index in [-0.39, 0.29) is 0 Å². The molecule has 0 amide bonds. The Hall–Kier alpha value is -1.64. The number of nitrogens with two attached hydrogens (primary N) is 1. The quantitative estimate of drug-likeness (QED) is 0.823. The van der Waals surface area contributed by atoms with Crippen LogP contribution in [0.2, 0.25) is 0 Å². The van der Waals surface area contributed by atoms with Crippen molar-refractivity contribution in [3.63, 3.8) is 0 Å². The first kappa shape index (κ1) is 15.3. The molecule has 0 aromatic heterocycles. The Kier molecular flexibility index (Phi) is 5.25. The van der Waals surface area contributed by atoms with Gasteiger partial charge < -0.3 is 10.2 Å². The van der Waals surface area contributed by atoms with Crippen molar-refractivity contribution in [3.8, 4) is 0 Å². The molecule has 1 aliphatic rings. The third kappa shape index (κ3) is 3.96. The van der Waals surface area contributed by atoms with Gasteiger partial charge in [-0.1, -0.05) is 60.7 Å². The van der Waals surface area contributed by atoms with Crippen LogP contribution in [0.15, 0.2) is 60.7 Å². The molecule has 2 aromatic carbocycles.